The fraction of sp³-hybridized carbons (Fsp3) is 0.400. The Kier molecular flexibility index (Phi) is 5.13. The average molecular weight is 311 g/mol. The third-order valence-corrected chi connectivity index (χ3v) is 4.22. The van der Waals surface area contributed by atoms with Crippen LogP contribution in [0.3, 0.4) is 0 Å². The van der Waals surface area contributed by atoms with Crippen LogP contribution in [-0.4, -0.2) is 15.1 Å². The van der Waals surface area contributed by atoms with Crippen molar-refractivity contribution in [2.75, 3.05) is 0 Å². The van der Waals surface area contributed by atoms with Crippen molar-refractivity contribution < 1.29 is 5.11 Å². The third kappa shape index (κ3) is 3.57. The maximum Gasteiger partial charge on any atom is 0.136 e. The zero-order chi connectivity index (χ0) is 14.7. The minimum absolute atomic E-state index is 0.297. The van der Waals surface area contributed by atoms with E-state index in [-0.39, 0.29) is 0 Å². The lowest BCUT2D eigenvalue weighted by molar-refractivity contribution is 0.164. The van der Waals surface area contributed by atoms with Gasteiger partial charge in [-0.05, 0) is 30.5 Å². The van der Waals surface area contributed by atoms with E-state index in [9.17, 15) is 5.11 Å². The Morgan fingerprint density at radius 3 is 2.75 bits per heavy atom. The zero-order valence-corrected chi connectivity index (χ0v) is 13.4. The van der Waals surface area contributed by atoms with Crippen LogP contribution in [0, 0.1) is 0 Å². The molecule has 0 aliphatic heterocycles. The van der Waals surface area contributed by atoms with Crippen LogP contribution in [0.1, 0.15) is 50.7 Å². The number of benzene rings is 1. The first-order valence-electron chi connectivity index (χ1n) is 6.72. The normalized spacial score (nSPS) is 12.9. The number of nitrogens with zero attached hydrogens (tertiary/aromatic N) is 1. The van der Waals surface area contributed by atoms with Crippen LogP contribution >= 0.6 is 23.4 Å². The van der Waals surface area contributed by atoms with E-state index in [1.165, 1.54) is 0 Å². The summed E-state index contributed by atoms with van der Waals surface area (Å²) >= 11 is 7.60. The van der Waals surface area contributed by atoms with Gasteiger partial charge in [0, 0.05) is 9.92 Å². The summed E-state index contributed by atoms with van der Waals surface area (Å²) in [4.78, 5) is 8.84. The fourth-order valence-corrected chi connectivity index (χ4v) is 3.22. The number of aromatic amines is 1. The van der Waals surface area contributed by atoms with Crippen LogP contribution in [0.2, 0.25) is 5.02 Å². The zero-order valence-electron chi connectivity index (χ0n) is 11.9. The van der Waals surface area contributed by atoms with Crippen molar-refractivity contribution in [2.24, 2.45) is 0 Å². The number of hydrogen-bond donors (Lipinski definition) is 2. The molecule has 0 spiro atoms. The highest BCUT2D eigenvalue weighted by Crippen LogP contribution is 2.34. The monoisotopic (exact) mass is 310 g/mol. The second-order valence-electron chi connectivity index (χ2n) is 4.97. The summed E-state index contributed by atoms with van der Waals surface area (Å²) in [7, 11) is 0. The van der Waals surface area contributed by atoms with E-state index in [1.807, 2.05) is 31.2 Å². The first-order chi connectivity index (χ1) is 9.51. The Morgan fingerprint density at radius 1 is 1.40 bits per heavy atom. The first kappa shape index (κ1) is 15.4. The Morgan fingerprint density at radius 2 is 2.15 bits per heavy atom. The van der Waals surface area contributed by atoms with Crippen molar-refractivity contribution in [2.45, 2.75) is 49.1 Å². The van der Waals surface area contributed by atoms with Crippen molar-refractivity contribution in [1.82, 2.24) is 9.97 Å². The largest absolute Gasteiger partial charge is 0.385 e. The molecule has 2 aromatic rings. The molecule has 0 fully saturated rings. The number of aliphatic hydroxyl groups is 1. The predicted molar refractivity (Wildman–Crippen MR) is 83.5 cm³/mol. The van der Waals surface area contributed by atoms with Crippen molar-refractivity contribution in [3.05, 3.63) is 40.8 Å². The second kappa shape index (κ2) is 6.66. The molecule has 0 radical (unpaired) electrons. The summed E-state index contributed by atoms with van der Waals surface area (Å²) in [6.45, 7) is 6.13. The molecule has 5 heteroatoms. The van der Waals surface area contributed by atoms with Crippen LogP contribution < -0.4 is 0 Å². The molecule has 2 N–H and O–H groups in total. The van der Waals surface area contributed by atoms with Gasteiger partial charge in [0.05, 0.1) is 5.69 Å². The van der Waals surface area contributed by atoms with Gasteiger partial charge < -0.3 is 10.1 Å². The number of imidazole rings is 1. The number of halogens is 1. The van der Waals surface area contributed by atoms with Gasteiger partial charge >= 0.3 is 0 Å². The van der Waals surface area contributed by atoms with Gasteiger partial charge in [-0.3, -0.25) is 0 Å². The number of H-pyrrole nitrogens is 1. The van der Waals surface area contributed by atoms with E-state index >= 15 is 0 Å². The standard InChI is InChI=1S/C15H19ClN2OS/c1-4-12(19)14-17-13(9(2)3)15(18-14)20-11-7-5-6-10(16)8-11/h5-9,12,19H,4H2,1-3H3,(H,17,18). The highest BCUT2D eigenvalue weighted by molar-refractivity contribution is 7.99. The Bertz CT molecular complexity index is 583. The predicted octanol–water partition coefficient (Wildman–Crippen LogP) is 4.78. The molecule has 1 aromatic heterocycles. The van der Waals surface area contributed by atoms with Crippen molar-refractivity contribution in [3.8, 4) is 0 Å². The maximum absolute atomic E-state index is 9.93. The smallest absolute Gasteiger partial charge is 0.136 e. The molecule has 108 valence electrons. The highest BCUT2D eigenvalue weighted by Gasteiger charge is 2.18. The van der Waals surface area contributed by atoms with E-state index in [4.69, 9.17) is 11.6 Å². The summed E-state index contributed by atoms with van der Waals surface area (Å²) in [5, 5.41) is 11.6. The summed E-state index contributed by atoms with van der Waals surface area (Å²) in [6.07, 6.45) is 0.105. The van der Waals surface area contributed by atoms with Gasteiger partial charge in [-0.1, -0.05) is 50.2 Å². The van der Waals surface area contributed by atoms with Crippen molar-refractivity contribution in [3.63, 3.8) is 0 Å². The van der Waals surface area contributed by atoms with Crippen LogP contribution in [0.5, 0.6) is 0 Å². The quantitative estimate of drug-likeness (QED) is 0.835. The molecule has 0 saturated heterocycles. The van der Waals surface area contributed by atoms with Crippen molar-refractivity contribution in [1.29, 1.82) is 0 Å². The van der Waals surface area contributed by atoms with Crippen LogP contribution in [0.25, 0.3) is 0 Å². The van der Waals surface area contributed by atoms with Crippen LogP contribution in [-0.2, 0) is 0 Å². The van der Waals surface area contributed by atoms with Crippen LogP contribution in [0.15, 0.2) is 34.2 Å². The van der Waals surface area contributed by atoms with Crippen LogP contribution in [0.4, 0.5) is 0 Å². The van der Waals surface area contributed by atoms with E-state index in [2.05, 4.69) is 23.8 Å². The average Bonchev–Trinajstić information content (AvgIpc) is 2.82. The van der Waals surface area contributed by atoms with E-state index in [1.54, 1.807) is 11.8 Å². The highest BCUT2D eigenvalue weighted by atomic mass is 35.5. The minimum atomic E-state index is -0.541. The van der Waals surface area contributed by atoms with Gasteiger partial charge in [-0.2, -0.15) is 0 Å². The number of nitrogens with one attached hydrogen (secondary N) is 1. The number of rotatable bonds is 5. The molecule has 0 bridgehead atoms. The summed E-state index contributed by atoms with van der Waals surface area (Å²) in [5.74, 6) is 0.937. The molecule has 0 aliphatic rings. The summed E-state index contributed by atoms with van der Waals surface area (Å²) in [6, 6.07) is 7.72. The molecule has 2 rings (SSSR count). The summed E-state index contributed by atoms with van der Waals surface area (Å²) in [5.41, 5.74) is 0.984. The number of hydrogen-bond acceptors (Lipinski definition) is 3. The molecular weight excluding hydrogens is 292 g/mol. The molecule has 1 heterocycles. The Labute approximate surface area is 128 Å². The first-order valence-corrected chi connectivity index (χ1v) is 7.92. The molecular formula is C15H19ClN2OS. The molecule has 0 aliphatic carbocycles. The Hall–Kier alpha value is -0.970. The lowest BCUT2D eigenvalue weighted by Gasteiger charge is -2.05. The van der Waals surface area contributed by atoms with Gasteiger partial charge in [0.1, 0.15) is 17.0 Å². The summed E-state index contributed by atoms with van der Waals surface area (Å²) < 4.78 is 0. The van der Waals surface area contributed by atoms with Gasteiger partial charge in [0.15, 0.2) is 0 Å². The van der Waals surface area contributed by atoms with E-state index < -0.39 is 6.10 Å². The molecule has 0 amide bonds. The minimum Gasteiger partial charge on any atom is -0.385 e. The van der Waals surface area contributed by atoms with E-state index in [0.29, 0.717) is 18.2 Å². The molecule has 0 saturated carbocycles. The van der Waals surface area contributed by atoms with Gasteiger partial charge in [0.2, 0.25) is 0 Å². The SMILES string of the molecule is CCC(O)c1nc(C(C)C)c(Sc2cccc(Cl)c2)[nH]1. The third-order valence-electron chi connectivity index (χ3n) is 2.98. The number of aliphatic hydroxyl groups excluding tert-OH is 1. The fourth-order valence-electron chi connectivity index (χ4n) is 1.86. The lowest BCUT2D eigenvalue weighted by atomic mass is 10.1. The maximum atomic E-state index is 9.93. The van der Waals surface area contributed by atoms with Gasteiger partial charge in [-0.15, -0.1) is 0 Å². The molecule has 3 nitrogen and oxygen atoms in total. The molecule has 20 heavy (non-hydrogen) atoms. The topological polar surface area (TPSA) is 48.9 Å². The molecule has 1 unspecified atom stereocenters. The molecule has 1 aromatic carbocycles. The van der Waals surface area contributed by atoms with E-state index in [0.717, 1.165) is 20.6 Å². The Balaban J connectivity index is 2.32. The molecule has 1 atom stereocenters. The lowest BCUT2D eigenvalue weighted by Crippen LogP contribution is -1.98. The van der Waals surface area contributed by atoms with Gasteiger partial charge in [-0.25, -0.2) is 4.98 Å². The second-order valence-corrected chi connectivity index (χ2v) is 6.49. The van der Waals surface area contributed by atoms with Crippen molar-refractivity contribution >= 4 is 23.4 Å². The van der Waals surface area contributed by atoms with Gasteiger partial charge in [0.25, 0.3) is 0 Å². The number of aromatic nitrogens is 2.